The van der Waals surface area contributed by atoms with Crippen LogP contribution in [0.25, 0.3) is 0 Å². The van der Waals surface area contributed by atoms with Gasteiger partial charge < -0.3 is 10.2 Å². The third kappa shape index (κ3) is 5.21. The summed E-state index contributed by atoms with van der Waals surface area (Å²) in [5.74, 6) is 0.857. The van der Waals surface area contributed by atoms with Crippen LogP contribution in [0.5, 0.6) is 0 Å². The first-order valence-electron chi connectivity index (χ1n) is 7.28. The van der Waals surface area contributed by atoms with Crippen molar-refractivity contribution in [2.45, 2.75) is 24.3 Å². The fourth-order valence-electron chi connectivity index (χ4n) is 2.34. The molecule has 0 aromatic heterocycles. The maximum Gasteiger partial charge on any atom is 0.321 e. The summed E-state index contributed by atoms with van der Waals surface area (Å²) >= 11 is 1.88. The van der Waals surface area contributed by atoms with Crippen LogP contribution in [0, 0.1) is 0 Å². The first-order chi connectivity index (χ1) is 10.3. The van der Waals surface area contributed by atoms with Crippen LogP contribution >= 0.6 is 11.8 Å². The van der Waals surface area contributed by atoms with Gasteiger partial charge in [0.15, 0.2) is 9.84 Å². The maximum absolute atomic E-state index is 12.4. The van der Waals surface area contributed by atoms with Gasteiger partial charge in [-0.25, -0.2) is 13.2 Å². The zero-order valence-corrected chi connectivity index (χ0v) is 14.5. The molecule has 5 nitrogen and oxygen atoms in total. The monoisotopic (exact) mass is 342 g/mol. The summed E-state index contributed by atoms with van der Waals surface area (Å²) in [6, 6.07) is 6.89. The van der Waals surface area contributed by atoms with Gasteiger partial charge in [-0.15, -0.1) is 0 Å². The lowest BCUT2D eigenvalue weighted by molar-refractivity contribution is 0.215. The van der Waals surface area contributed by atoms with E-state index in [0.29, 0.717) is 16.5 Å². The fourth-order valence-corrected chi connectivity index (χ4v) is 4.16. The molecule has 1 aliphatic heterocycles. The topological polar surface area (TPSA) is 66.5 Å². The Labute approximate surface area is 136 Å². The fraction of sp³-hybridized carbons (Fsp3) is 0.533. The van der Waals surface area contributed by atoms with Crippen LogP contribution < -0.4 is 5.32 Å². The highest BCUT2D eigenvalue weighted by Gasteiger charge is 2.19. The van der Waals surface area contributed by atoms with Crippen LogP contribution in [0.1, 0.15) is 18.9 Å². The molecule has 1 unspecified atom stereocenters. The first kappa shape index (κ1) is 17.1. The molecule has 0 saturated carbocycles. The van der Waals surface area contributed by atoms with Gasteiger partial charge >= 0.3 is 6.03 Å². The molecule has 1 heterocycles. The number of amides is 2. The number of carbonyl (C=O) groups is 1. The van der Waals surface area contributed by atoms with Crippen molar-refractivity contribution in [3.8, 4) is 0 Å². The van der Waals surface area contributed by atoms with E-state index in [0.717, 1.165) is 25.3 Å². The molecule has 7 heteroatoms. The van der Waals surface area contributed by atoms with Crippen LogP contribution in [0.3, 0.4) is 0 Å². The van der Waals surface area contributed by atoms with E-state index in [1.54, 1.807) is 29.2 Å². The molecule has 2 amide bonds. The Morgan fingerprint density at radius 2 is 2.09 bits per heavy atom. The van der Waals surface area contributed by atoms with E-state index >= 15 is 0 Å². The van der Waals surface area contributed by atoms with Gasteiger partial charge in [0.2, 0.25) is 0 Å². The van der Waals surface area contributed by atoms with Crippen LogP contribution in [0.4, 0.5) is 10.5 Å². The van der Waals surface area contributed by atoms with Gasteiger partial charge in [-0.05, 0) is 18.1 Å². The number of thioether (sulfide) groups is 1. The van der Waals surface area contributed by atoms with Gasteiger partial charge in [-0.1, -0.05) is 25.1 Å². The van der Waals surface area contributed by atoms with Gasteiger partial charge in [0.25, 0.3) is 0 Å². The zero-order chi connectivity index (χ0) is 16.2. The largest absolute Gasteiger partial charge is 0.324 e. The molecule has 0 radical (unpaired) electrons. The number of sulfone groups is 1. The van der Waals surface area contributed by atoms with Gasteiger partial charge in [0.05, 0.1) is 5.75 Å². The second kappa shape index (κ2) is 7.37. The molecule has 1 atom stereocenters. The summed E-state index contributed by atoms with van der Waals surface area (Å²) in [6.45, 7) is 3.62. The maximum atomic E-state index is 12.4. The highest BCUT2D eigenvalue weighted by Crippen LogP contribution is 2.21. The molecule has 1 N–H and O–H groups in total. The molecule has 1 fully saturated rings. The quantitative estimate of drug-likeness (QED) is 0.917. The number of nitrogens with one attached hydrogen (secondary N) is 1. The summed E-state index contributed by atoms with van der Waals surface area (Å²) < 4.78 is 23.0. The predicted octanol–water partition coefficient (Wildman–Crippen LogP) is 2.59. The van der Waals surface area contributed by atoms with Gasteiger partial charge in [0, 0.05) is 36.0 Å². The van der Waals surface area contributed by atoms with Gasteiger partial charge in [-0.2, -0.15) is 11.8 Å². The Hall–Kier alpha value is -1.21. The minimum Gasteiger partial charge on any atom is -0.324 e. The number of rotatable bonds is 3. The van der Waals surface area contributed by atoms with Crippen molar-refractivity contribution in [3.05, 3.63) is 29.8 Å². The predicted molar refractivity (Wildman–Crippen MR) is 92.1 cm³/mol. The third-order valence-corrected chi connectivity index (χ3v) is 5.59. The average Bonchev–Trinajstić information content (AvgIpc) is 2.64. The third-order valence-electron chi connectivity index (χ3n) is 3.53. The average molecular weight is 342 g/mol. The van der Waals surface area contributed by atoms with E-state index in [1.165, 1.54) is 6.26 Å². The standard InChI is InChI=1S/C15H22N2O3S2/c1-12-7-8-17(9-10-21-12)15(18)16-14-6-4-3-5-13(14)11-22(2,19)20/h3-6,12H,7-11H2,1-2H3,(H,16,18). The summed E-state index contributed by atoms with van der Waals surface area (Å²) in [5, 5.41) is 3.42. The number of benzene rings is 1. The SMILES string of the molecule is CC1CCN(C(=O)Nc2ccccc2CS(C)(=O)=O)CCS1. The molecular weight excluding hydrogens is 320 g/mol. The second-order valence-electron chi connectivity index (χ2n) is 5.61. The molecule has 0 spiro atoms. The molecule has 122 valence electrons. The van der Waals surface area contributed by atoms with E-state index in [2.05, 4.69) is 12.2 Å². The van der Waals surface area contributed by atoms with E-state index in [4.69, 9.17) is 0 Å². The van der Waals surface area contributed by atoms with Crippen LogP contribution in [0.2, 0.25) is 0 Å². The van der Waals surface area contributed by atoms with Crippen molar-refractivity contribution in [1.29, 1.82) is 0 Å². The molecule has 1 aliphatic rings. The highest BCUT2D eigenvalue weighted by molar-refractivity contribution is 7.99. The molecule has 0 aliphatic carbocycles. The Morgan fingerprint density at radius 1 is 1.36 bits per heavy atom. The van der Waals surface area contributed by atoms with Gasteiger partial charge in [0.1, 0.15) is 0 Å². The molecule has 0 bridgehead atoms. The van der Waals surface area contributed by atoms with Gasteiger partial charge in [-0.3, -0.25) is 0 Å². The smallest absolute Gasteiger partial charge is 0.321 e. The van der Waals surface area contributed by atoms with E-state index in [-0.39, 0.29) is 11.8 Å². The molecule has 2 rings (SSSR count). The molecule has 1 saturated heterocycles. The van der Waals surface area contributed by atoms with Crippen molar-refractivity contribution in [1.82, 2.24) is 4.90 Å². The summed E-state index contributed by atoms with van der Waals surface area (Å²) in [7, 11) is -3.14. The summed E-state index contributed by atoms with van der Waals surface area (Å²) in [6.07, 6.45) is 2.17. The summed E-state index contributed by atoms with van der Waals surface area (Å²) in [5.41, 5.74) is 1.19. The Bertz CT molecular complexity index is 631. The molecular formula is C15H22N2O3S2. The van der Waals surface area contributed by atoms with Crippen molar-refractivity contribution < 1.29 is 13.2 Å². The number of hydrogen-bond acceptors (Lipinski definition) is 4. The summed E-state index contributed by atoms with van der Waals surface area (Å²) in [4.78, 5) is 14.2. The number of carbonyl (C=O) groups excluding carboxylic acids is 1. The van der Waals surface area contributed by atoms with E-state index in [1.807, 2.05) is 11.8 Å². The lowest BCUT2D eigenvalue weighted by atomic mass is 10.2. The molecule has 22 heavy (non-hydrogen) atoms. The zero-order valence-electron chi connectivity index (χ0n) is 12.9. The van der Waals surface area contributed by atoms with Crippen LogP contribution in [-0.2, 0) is 15.6 Å². The number of para-hydroxylation sites is 1. The van der Waals surface area contributed by atoms with Crippen LogP contribution in [-0.4, -0.2) is 49.7 Å². The number of anilines is 1. The Morgan fingerprint density at radius 3 is 2.82 bits per heavy atom. The first-order valence-corrected chi connectivity index (χ1v) is 10.4. The highest BCUT2D eigenvalue weighted by atomic mass is 32.2. The Kier molecular flexibility index (Phi) is 5.74. The number of urea groups is 1. The van der Waals surface area contributed by atoms with E-state index < -0.39 is 9.84 Å². The van der Waals surface area contributed by atoms with E-state index in [9.17, 15) is 13.2 Å². The molecule has 1 aromatic rings. The number of nitrogens with zero attached hydrogens (tertiary/aromatic N) is 1. The van der Waals surface area contributed by atoms with Crippen molar-refractivity contribution in [2.24, 2.45) is 0 Å². The van der Waals surface area contributed by atoms with Crippen molar-refractivity contribution in [3.63, 3.8) is 0 Å². The minimum atomic E-state index is -3.14. The lowest BCUT2D eigenvalue weighted by Crippen LogP contribution is -2.36. The minimum absolute atomic E-state index is 0.0731. The number of hydrogen-bond donors (Lipinski definition) is 1. The lowest BCUT2D eigenvalue weighted by Gasteiger charge is -2.21. The Balaban J connectivity index is 2.08. The second-order valence-corrected chi connectivity index (χ2v) is 9.30. The molecule has 1 aromatic carbocycles. The normalized spacial score (nSPS) is 19.5. The van der Waals surface area contributed by atoms with Crippen molar-refractivity contribution in [2.75, 3.05) is 30.4 Å². The van der Waals surface area contributed by atoms with Crippen molar-refractivity contribution >= 4 is 33.3 Å². The van der Waals surface area contributed by atoms with Crippen LogP contribution in [0.15, 0.2) is 24.3 Å².